The van der Waals surface area contributed by atoms with Crippen molar-refractivity contribution >= 4 is 5.91 Å². The number of nitrogens with one attached hydrogen (secondary N) is 1. The second-order valence-electron chi connectivity index (χ2n) is 7.26. The Hall–Kier alpha value is -1.43. The maximum absolute atomic E-state index is 12.4. The highest BCUT2D eigenvalue weighted by Gasteiger charge is 2.27. The van der Waals surface area contributed by atoms with Crippen molar-refractivity contribution in [1.29, 1.82) is 0 Å². The molecule has 2 heterocycles. The lowest BCUT2D eigenvalue weighted by Gasteiger charge is -2.32. The van der Waals surface area contributed by atoms with E-state index in [1.54, 1.807) is 0 Å². The number of carbonyl (C=O) groups excluding carboxylic acids is 1. The number of hydrogen-bond donors (Lipinski definition) is 1. The largest absolute Gasteiger partial charge is 0.336 e. The van der Waals surface area contributed by atoms with E-state index < -0.39 is 0 Å². The molecule has 1 amide bonds. The average molecular weight is 293 g/mol. The summed E-state index contributed by atoms with van der Waals surface area (Å²) in [6.45, 7) is 8.85. The first-order chi connectivity index (χ1) is 9.77. The summed E-state index contributed by atoms with van der Waals surface area (Å²) in [6, 6.07) is 0. The molecule has 2 rings (SSSR count). The van der Waals surface area contributed by atoms with Gasteiger partial charge in [-0.1, -0.05) is 20.8 Å². The number of hydrogen-bond acceptors (Lipinski definition) is 4. The summed E-state index contributed by atoms with van der Waals surface area (Å²) in [7, 11) is 4.19. The standard InChI is InChI=1S/C15H27N5O/c1-15(2,3)14-16-12(17-18-14)13(21)20-8-6-11(7-9-20)10-19(4)5/h11H,6-10H2,1-5H3,(H,16,17,18). The number of rotatable bonds is 3. The number of nitrogens with zero attached hydrogens (tertiary/aromatic N) is 4. The summed E-state index contributed by atoms with van der Waals surface area (Å²) in [5.41, 5.74) is -0.121. The molecule has 0 aliphatic carbocycles. The zero-order valence-corrected chi connectivity index (χ0v) is 13.8. The number of aromatic amines is 1. The molecule has 21 heavy (non-hydrogen) atoms. The minimum absolute atomic E-state index is 0.0509. The molecule has 6 nitrogen and oxygen atoms in total. The van der Waals surface area contributed by atoms with Crippen LogP contribution in [0.5, 0.6) is 0 Å². The molecule has 1 N–H and O–H groups in total. The van der Waals surface area contributed by atoms with Gasteiger partial charge in [-0.3, -0.25) is 9.89 Å². The molecule has 0 atom stereocenters. The molecule has 1 aliphatic rings. The number of piperidine rings is 1. The van der Waals surface area contributed by atoms with Crippen molar-refractivity contribution in [3.8, 4) is 0 Å². The molecular formula is C15H27N5O. The molecule has 0 saturated carbocycles. The van der Waals surface area contributed by atoms with E-state index in [-0.39, 0.29) is 11.3 Å². The number of H-pyrrole nitrogens is 1. The highest BCUT2D eigenvalue weighted by atomic mass is 16.2. The van der Waals surface area contributed by atoms with Crippen molar-refractivity contribution in [3.05, 3.63) is 11.6 Å². The van der Waals surface area contributed by atoms with Crippen LogP contribution in [0.15, 0.2) is 0 Å². The molecule has 1 aromatic rings. The fourth-order valence-corrected chi connectivity index (χ4v) is 2.67. The van der Waals surface area contributed by atoms with Gasteiger partial charge in [0.1, 0.15) is 5.82 Å². The molecule has 0 bridgehead atoms. The third kappa shape index (κ3) is 4.03. The Morgan fingerprint density at radius 3 is 2.43 bits per heavy atom. The number of likely N-dealkylation sites (tertiary alicyclic amines) is 1. The lowest BCUT2D eigenvalue weighted by molar-refractivity contribution is 0.0666. The highest BCUT2D eigenvalue weighted by Crippen LogP contribution is 2.20. The van der Waals surface area contributed by atoms with E-state index in [1.165, 1.54) is 0 Å². The molecule has 0 radical (unpaired) electrons. The van der Waals surface area contributed by atoms with Gasteiger partial charge in [-0.15, -0.1) is 5.10 Å². The molecule has 6 heteroatoms. The lowest BCUT2D eigenvalue weighted by Crippen LogP contribution is -2.41. The van der Waals surface area contributed by atoms with E-state index >= 15 is 0 Å². The van der Waals surface area contributed by atoms with E-state index in [9.17, 15) is 4.79 Å². The van der Waals surface area contributed by atoms with Crippen LogP contribution in [0, 0.1) is 5.92 Å². The van der Waals surface area contributed by atoms with Crippen molar-refractivity contribution < 1.29 is 4.79 Å². The smallest absolute Gasteiger partial charge is 0.293 e. The summed E-state index contributed by atoms with van der Waals surface area (Å²) >= 11 is 0. The Kier molecular flexibility index (Phi) is 4.66. The summed E-state index contributed by atoms with van der Waals surface area (Å²) < 4.78 is 0. The van der Waals surface area contributed by atoms with Crippen LogP contribution in [0.4, 0.5) is 0 Å². The second-order valence-corrected chi connectivity index (χ2v) is 7.26. The van der Waals surface area contributed by atoms with Gasteiger partial charge >= 0.3 is 0 Å². The van der Waals surface area contributed by atoms with Gasteiger partial charge in [-0.05, 0) is 32.9 Å². The molecule has 1 saturated heterocycles. The van der Waals surface area contributed by atoms with Gasteiger partial charge in [0, 0.05) is 25.0 Å². The van der Waals surface area contributed by atoms with E-state index in [1.807, 2.05) is 4.90 Å². The van der Waals surface area contributed by atoms with Crippen molar-refractivity contribution in [1.82, 2.24) is 25.0 Å². The Labute approximate surface area is 126 Å². The van der Waals surface area contributed by atoms with Crippen LogP contribution in [-0.4, -0.2) is 64.6 Å². The van der Waals surface area contributed by atoms with Crippen LogP contribution in [0.1, 0.15) is 50.1 Å². The lowest BCUT2D eigenvalue weighted by atomic mass is 9.96. The van der Waals surface area contributed by atoms with Crippen LogP contribution >= 0.6 is 0 Å². The Morgan fingerprint density at radius 2 is 1.95 bits per heavy atom. The molecular weight excluding hydrogens is 266 g/mol. The number of carbonyl (C=O) groups is 1. The predicted molar refractivity (Wildman–Crippen MR) is 82.3 cm³/mol. The number of amides is 1. The van der Waals surface area contributed by atoms with Crippen LogP contribution < -0.4 is 0 Å². The molecule has 1 aliphatic heterocycles. The summed E-state index contributed by atoms with van der Waals surface area (Å²) in [5.74, 6) is 1.69. The van der Waals surface area contributed by atoms with Crippen molar-refractivity contribution in [2.24, 2.45) is 5.92 Å². The van der Waals surface area contributed by atoms with Gasteiger partial charge in [-0.25, -0.2) is 4.98 Å². The normalized spacial score (nSPS) is 17.5. The van der Waals surface area contributed by atoms with E-state index in [4.69, 9.17) is 0 Å². The zero-order valence-electron chi connectivity index (χ0n) is 13.8. The molecule has 1 aromatic heterocycles. The SMILES string of the molecule is CN(C)CC1CCN(C(=O)c2n[nH]c(C(C)(C)C)n2)CC1. The zero-order chi connectivity index (χ0) is 15.6. The molecule has 1 fully saturated rings. The van der Waals surface area contributed by atoms with Crippen molar-refractivity contribution in [2.45, 2.75) is 39.0 Å². The van der Waals surface area contributed by atoms with Gasteiger partial charge < -0.3 is 9.80 Å². The van der Waals surface area contributed by atoms with Crippen LogP contribution in [0.3, 0.4) is 0 Å². The van der Waals surface area contributed by atoms with E-state index in [0.29, 0.717) is 11.7 Å². The maximum Gasteiger partial charge on any atom is 0.293 e. The maximum atomic E-state index is 12.4. The fraction of sp³-hybridized carbons (Fsp3) is 0.800. The van der Waals surface area contributed by atoms with Gasteiger partial charge in [0.05, 0.1) is 0 Å². The third-order valence-corrected chi connectivity index (χ3v) is 3.91. The Bertz CT molecular complexity index is 480. The summed E-state index contributed by atoms with van der Waals surface area (Å²) in [5, 5.41) is 6.97. The minimum Gasteiger partial charge on any atom is -0.336 e. The molecule has 0 spiro atoms. The third-order valence-electron chi connectivity index (χ3n) is 3.91. The second kappa shape index (κ2) is 6.13. The first-order valence-corrected chi connectivity index (χ1v) is 7.64. The summed E-state index contributed by atoms with van der Waals surface area (Å²) in [6.07, 6.45) is 2.11. The van der Waals surface area contributed by atoms with E-state index in [2.05, 4.69) is 54.9 Å². The average Bonchev–Trinajstić information content (AvgIpc) is 2.87. The topological polar surface area (TPSA) is 65.1 Å². The van der Waals surface area contributed by atoms with Crippen LogP contribution in [0.2, 0.25) is 0 Å². The Morgan fingerprint density at radius 1 is 1.33 bits per heavy atom. The van der Waals surface area contributed by atoms with Crippen molar-refractivity contribution in [2.75, 3.05) is 33.7 Å². The molecule has 0 aromatic carbocycles. The minimum atomic E-state index is -0.121. The van der Waals surface area contributed by atoms with Gasteiger partial charge in [-0.2, -0.15) is 0 Å². The molecule has 118 valence electrons. The summed E-state index contributed by atoms with van der Waals surface area (Å²) in [4.78, 5) is 20.9. The van der Waals surface area contributed by atoms with Crippen molar-refractivity contribution in [3.63, 3.8) is 0 Å². The highest BCUT2D eigenvalue weighted by molar-refractivity contribution is 5.90. The van der Waals surface area contributed by atoms with Crippen LogP contribution in [-0.2, 0) is 5.41 Å². The molecule has 0 unspecified atom stereocenters. The first kappa shape index (κ1) is 15.9. The van der Waals surface area contributed by atoms with Crippen LogP contribution in [0.25, 0.3) is 0 Å². The Balaban J connectivity index is 1.94. The first-order valence-electron chi connectivity index (χ1n) is 7.64. The number of aromatic nitrogens is 3. The van der Waals surface area contributed by atoms with Gasteiger partial charge in [0.2, 0.25) is 5.82 Å². The van der Waals surface area contributed by atoms with Gasteiger partial charge in [0.25, 0.3) is 5.91 Å². The van der Waals surface area contributed by atoms with Gasteiger partial charge in [0.15, 0.2) is 0 Å². The van der Waals surface area contributed by atoms with E-state index in [0.717, 1.165) is 38.3 Å². The fourth-order valence-electron chi connectivity index (χ4n) is 2.67. The monoisotopic (exact) mass is 293 g/mol. The predicted octanol–water partition coefficient (Wildman–Crippen LogP) is 1.52. The quantitative estimate of drug-likeness (QED) is 0.917.